The molecule has 0 aliphatic rings. The number of aromatic hydroxyl groups is 1. The molecule has 0 radical (unpaired) electrons. The summed E-state index contributed by atoms with van der Waals surface area (Å²) in [4.78, 5) is 12.2. The molecule has 5 nitrogen and oxygen atoms in total. The Morgan fingerprint density at radius 3 is 2.33 bits per heavy atom. The van der Waals surface area contributed by atoms with Gasteiger partial charge in [-0.25, -0.2) is 4.79 Å². The average Bonchev–Trinajstić information content (AvgIpc) is 2.48. The number of halogens is 3. The van der Waals surface area contributed by atoms with Crippen LogP contribution in [0.1, 0.15) is 15.9 Å². The SMILES string of the molecule is NC(=S)c1ccc(OC(=O)c2cc(NC(F)(F)F)ccc2O)cc1. The number of rotatable bonds is 4. The van der Waals surface area contributed by atoms with Gasteiger partial charge in [-0.3, -0.25) is 5.32 Å². The van der Waals surface area contributed by atoms with E-state index in [-0.39, 0.29) is 10.7 Å². The van der Waals surface area contributed by atoms with Crippen LogP contribution in [0.3, 0.4) is 0 Å². The van der Waals surface area contributed by atoms with Gasteiger partial charge in [0.25, 0.3) is 0 Å². The number of hydrogen-bond donors (Lipinski definition) is 3. The minimum absolute atomic E-state index is 0.119. The van der Waals surface area contributed by atoms with Gasteiger partial charge in [0.05, 0.1) is 0 Å². The van der Waals surface area contributed by atoms with Gasteiger partial charge in [-0.05, 0) is 42.5 Å². The van der Waals surface area contributed by atoms with Crippen molar-refractivity contribution in [3.63, 3.8) is 0 Å². The number of thiocarbonyl (C=S) groups is 1. The summed E-state index contributed by atoms with van der Waals surface area (Å²) in [5.74, 6) is -1.40. The molecule has 4 N–H and O–H groups in total. The van der Waals surface area contributed by atoms with E-state index in [2.05, 4.69) is 0 Å². The second kappa shape index (κ2) is 6.75. The number of benzene rings is 2. The summed E-state index contributed by atoms with van der Waals surface area (Å²) in [6.45, 7) is 0. The molecular formula is C15H11F3N2O3S. The normalized spacial score (nSPS) is 11.0. The maximum atomic E-state index is 12.3. The van der Waals surface area contributed by atoms with Crippen LogP contribution in [-0.4, -0.2) is 22.4 Å². The van der Waals surface area contributed by atoms with Crippen LogP contribution in [0, 0.1) is 0 Å². The number of hydrogen-bond acceptors (Lipinski definition) is 5. The molecule has 0 atom stereocenters. The number of carbonyl (C=O) groups excluding carboxylic acids is 1. The van der Waals surface area contributed by atoms with E-state index in [1.807, 2.05) is 0 Å². The molecular weight excluding hydrogens is 345 g/mol. The summed E-state index contributed by atoms with van der Waals surface area (Å²) in [7, 11) is 0. The highest BCUT2D eigenvalue weighted by Gasteiger charge is 2.27. The predicted molar refractivity (Wildman–Crippen MR) is 85.1 cm³/mol. The lowest BCUT2D eigenvalue weighted by Gasteiger charge is -2.12. The first-order valence-electron chi connectivity index (χ1n) is 6.46. The quantitative estimate of drug-likeness (QED) is 0.257. The Balaban J connectivity index is 2.19. The van der Waals surface area contributed by atoms with Crippen molar-refractivity contribution >= 4 is 28.9 Å². The first kappa shape index (κ1) is 17.5. The van der Waals surface area contributed by atoms with Gasteiger partial charge in [0, 0.05) is 11.3 Å². The molecule has 0 heterocycles. The number of ether oxygens (including phenoxy) is 1. The van der Waals surface area contributed by atoms with E-state index in [4.69, 9.17) is 22.7 Å². The molecule has 0 aliphatic carbocycles. The number of nitrogens with two attached hydrogens (primary N) is 1. The Morgan fingerprint density at radius 1 is 1.17 bits per heavy atom. The van der Waals surface area contributed by atoms with E-state index in [1.165, 1.54) is 29.6 Å². The van der Waals surface area contributed by atoms with Gasteiger partial charge in [-0.1, -0.05) is 12.2 Å². The van der Waals surface area contributed by atoms with Crippen LogP contribution in [0.4, 0.5) is 18.9 Å². The summed E-state index contributed by atoms with van der Waals surface area (Å²) >= 11 is 4.78. The molecule has 0 bridgehead atoms. The van der Waals surface area contributed by atoms with Crippen molar-refractivity contribution in [2.45, 2.75) is 6.30 Å². The first-order chi connectivity index (χ1) is 11.2. The summed E-state index contributed by atoms with van der Waals surface area (Å²) < 4.78 is 42.0. The summed E-state index contributed by atoms with van der Waals surface area (Å²) in [5, 5.41) is 10.9. The molecule has 0 saturated carbocycles. The van der Waals surface area contributed by atoms with Crippen LogP contribution in [0.5, 0.6) is 11.5 Å². The number of nitrogens with one attached hydrogen (secondary N) is 1. The minimum Gasteiger partial charge on any atom is -0.507 e. The molecule has 0 spiro atoms. The monoisotopic (exact) mass is 356 g/mol. The van der Waals surface area contributed by atoms with E-state index in [1.54, 1.807) is 0 Å². The zero-order chi connectivity index (χ0) is 17.9. The Labute approximate surface area is 139 Å². The average molecular weight is 356 g/mol. The van der Waals surface area contributed by atoms with Crippen molar-refractivity contribution in [1.82, 2.24) is 0 Å². The van der Waals surface area contributed by atoms with Crippen LogP contribution in [0.25, 0.3) is 0 Å². The standard InChI is InChI=1S/C15H11F3N2O3S/c16-15(17,18)20-9-3-6-12(21)11(7-9)14(22)23-10-4-1-8(2-5-10)13(19)24/h1-7,20-21H,(H2,19,24). The fourth-order valence-corrected chi connectivity index (χ4v) is 1.93. The molecule has 0 unspecified atom stereocenters. The van der Waals surface area contributed by atoms with Crippen LogP contribution in [0.15, 0.2) is 42.5 Å². The Bertz CT molecular complexity index is 777. The van der Waals surface area contributed by atoms with Gasteiger partial charge in [-0.2, -0.15) is 13.2 Å². The third kappa shape index (κ3) is 4.59. The third-order valence-electron chi connectivity index (χ3n) is 2.85. The third-order valence-corrected chi connectivity index (χ3v) is 3.09. The van der Waals surface area contributed by atoms with Crippen LogP contribution >= 0.6 is 12.2 Å². The highest BCUT2D eigenvalue weighted by Crippen LogP contribution is 2.26. The fourth-order valence-electron chi connectivity index (χ4n) is 1.79. The second-order valence-corrected chi connectivity index (χ2v) is 5.07. The van der Waals surface area contributed by atoms with Gasteiger partial charge < -0.3 is 15.6 Å². The molecule has 0 saturated heterocycles. The molecule has 9 heteroatoms. The van der Waals surface area contributed by atoms with Crippen molar-refractivity contribution in [3.8, 4) is 11.5 Å². The molecule has 0 fully saturated rings. The predicted octanol–water partition coefficient (Wildman–Crippen LogP) is 3.18. The number of anilines is 1. The number of esters is 1. The highest BCUT2D eigenvalue weighted by molar-refractivity contribution is 7.80. The number of phenols is 1. The Hall–Kier alpha value is -2.81. The lowest BCUT2D eigenvalue weighted by Crippen LogP contribution is -2.21. The summed E-state index contributed by atoms with van der Waals surface area (Å²) in [6.07, 6.45) is -4.67. The van der Waals surface area contributed by atoms with Gasteiger partial charge in [-0.15, -0.1) is 0 Å². The first-order valence-corrected chi connectivity index (χ1v) is 6.86. The molecule has 2 rings (SSSR count). The lowest BCUT2D eigenvalue weighted by atomic mass is 10.1. The van der Waals surface area contributed by atoms with Crippen molar-refractivity contribution in [1.29, 1.82) is 0 Å². The zero-order valence-corrected chi connectivity index (χ0v) is 12.7. The largest absolute Gasteiger partial charge is 0.507 e. The van der Waals surface area contributed by atoms with Crippen molar-refractivity contribution in [2.75, 3.05) is 5.32 Å². The molecule has 0 aromatic heterocycles. The number of alkyl halides is 3. The topological polar surface area (TPSA) is 84.6 Å². The molecule has 0 amide bonds. The molecule has 24 heavy (non-hydrogen) atoms. The molecule has 2 aromatic carbocycles. The van der Waals surface area contributed by atoms with Crippen molar-refractivity contribution < 1.29 is 27.8 Å². The van der Waals surface area contributed by atoms with E-state index in [0.29, 0.717) is 5.56 Å². The van der Waals surface area contributed by atoms with Crippen molar-refractivity contribution in [2.24, 2.45) is 5.73 Å². The number of phenolic OH excluding ortho intramolecular Hbond substituents is 1. The smallest absolute Gasteiger partial charge is 0.482 e. The van der Waals surface area contributed by atoms with Crippen molar-refractivity contribution in [3.05, 3.63) is 53.6 Å². The van der Waals surface area contributed by atoms with Crippen LogP contribution in [0.2, 0.25) is 0 Å². The van der Waals surface area contributed by atoms with Gasteiger partial charge in [0.1, 0.15) is 22.1 Å². The Morgan fingerprint density at radius 2 is 1.79 bits per heavy atom. The van der Waals surface area contributed by atoms with E-state index >= 15 is 0 Å². The van der Waals surface area contributed by atoms with E-state index in [9.17, 15) is 23.1 Å². The summed E-state index contributed by atoms with van der Waals surface area (Å²) in [6, 6.07) is 8.66. The second-order valence-electron chi connectivity index (χ2n) is 4.63. The van der Waals surface area contributed by atoms with Crippen LogP contribution < -0.4 is 15.8 Å². The Kier molecular flexibility index (Phi) is 4.93. The van der Waals surface area contributed by atoms with Gasteiger partial charge in [0.2, 0.25) is 0 Å². The van der Waals surface area contributed by atoms with Gasteiger partial charge >= 0.3 is 12.3 Å². The van der Waals surface area contributed by atoms with Crippen LogP contribution in [-0.2, 0) is 0 Å². The number of carbonyl (C=O) groups is 1. The molecule has 0 aliphatic heterocycles. The molecule has 126 valence electrons. The molecule has 2 aromatic rings. The maximum absolute atomic E-state index is 12.3. The van der Waals surface area contributed by atoms with E-state index in [0.717, 1.165) is 18.2 Å². The minimum atomic E-state index is -4.67. The maximum Gasteiger partial charge on any atom is 0.482 e. The fraction of sp³-hybridized carbons (Fsp3) is 0.0667. The van der Waals surface area contributed by atoms with Gasteiger partial charge in [0.15, 0.2) is 0 Å². The summed E-state index contributed by atoms with van der Waals surface area (Å²) in [5.41, 5.74) is 5.17. The lowest BCUT2D eigenvalue weighted by molar-refractivity contribution is -0.0999. The van der Waals surface area contributed by atoms with E-state index < -0.39 is 29.3 Å². The zero-order valence-electron chi connectivity index (χ0n) is 11.9. The highest BCUT2D eigenvalue weighted by atomic mass is 32.1.